The van der Waals surface area contributed by atoms with E-state index in [9.17, 15) is 9.59 Å². The van der Waals surface area contributed by atoms with E-state index in [1.807, 2.05) is 52.4 Å². The highest BCUT2D eigenvalue weighted by atomic mass is 32.1. The Balaban J connectivity index is 1.55. The van der Waals surface area contributed by atoms with Gasteiger partial charge in [-0.1, -0.05) is 24.3 Å². The summed E-state index contributed by atoms with van der Waals surface area (Å²) in [5, 5.41) is 9.46. The van der Waals surface area contributed by atoms with Crippen molar-refractivity contribution in [1.29, 1.82) is 0 Å². The Morgan fingerprint density at radius 3 is 2.81 bits per heavy atom. The zero-order chi connectivity index (χ0) is 21.2. The molecule has 1 fully saturated rings. The van der Waals surface area contributed by atoms with Gasteiger partial charge in [0.05, 0.1) is 29.5 Å². The molecule has 31 heavy (non-hydrogen) atoms. The van der Waals surface area contributed by atoms with Crippen LogP contribution >= 0.6 is 11.3 Å². The molecular formula is C23H22N4O3S. The molecule has 1 saturated heterocycles. The molecule has 0 aliphatic carbocycles. The van der Waals surface area contributed by atoms with Crippen LogP contribution in [0.4, 0.5) is 0 Å². The molecule has 0 bridgehead atoms. The molecule has 7 nitrogen and oxygen atoms in total. The van der Waals surface area contributed by atoms with E-state index in [0.717, 1.165) is 24.3 Å². The van der Waals surface area contributed by atoms with Crippen LogP contribution in [0.3, 0.4) is 0 Å². The smallest absolute Gasteiger partial charge is 0.282 e. The van der Waals surface area contributed by atoms with Crippen LogP contribution in [-0.2, 0) is 17.8 Å². The zero-order valence-corrected chi connectivity index (χ0v) is 17.7. The molecular weight excluding hydrogens is 412 g/mol. The molecule has 0 unspecified atom stereocenters. The van der Waals surface area contributed by atoms with E-state index >= 15 is 0 Å². The van der Waals surface area contributed by atoms with Gasteiger partial charge >= 0.3 is 0 Å². The van der Waals surface area contributed by atoms with Crippen molar-refractivity contribution in [2.45, 2.75) is 32.0 Å². The predicted molar refractivity (Wildman–Crippen MR) is 119 cm³/mol. The first-order valence-corrected chi connectivity index (χ1v) is 11.2. The van der Waals surface area contributed by atoms with Crippen LogP contribution in [0.1, 0.15) is 28.1 Å². The molecule has 0 radical (unpaired) electrons. The first-order valence-electron chi connectivity index (χ1n) is 10.3. The second-order valence-corrected chi connectivity index (χ2v) is 8.61. The van der Waals surface area contributed by atoms with Gasteiger partial charge in [0.1, 0.15) is 5.69 Å². The number of hydrogen-bond acceptors (Lipinski definition) is 5. The number of amides is 1. The number of rotatable bonds is 6. The van der Waals surface area contributed by atoms with Gasteiger partial charge in [0.15, 0.2) is 0 Å². The van der Waals surface area contributed by atoms with Crippen LogP contribution in [0.15, 0.2) is 65.0 Å². The van der Waals surface area contributed by atoms with Gasteiger partial charge in [0.2, 0.25) is 0 Å². The van der Waals surface area contributed by atoms with Gasteiger partial charge in [-0.15, -0.1) is 11.3 Å². The molecule has 1 atom stereocenters. The Morgan fingerprint density at radius 1 is 1.19 bits per heavy atom. The standard InChI is InChI=1S/C23H22N4O3S/c28-22(24-12-18-9-5-11-31-18)19-14-26(13-17-8-4-10-30-17)15-20-21(19)25-27(23(20)29)16-6-2-1-3-7-16/h1-3,5-7,9,11,14-15,17H,4,8,10,12-13H2,(H,24,28)/t17-/m0/s1. The van der Waals surface area contributed by atoms with Crippen molar-refractivity contribution in [3.8, 4) is 16.9 Å². The van der Waals surface area contributed by atoms with Gasteiger partial charge in [-0.05, 0) is 36.4 Å². The minimum Gasteiger partial charge on any atom is -0.376 e. The van der Waals surface area contributed by atoms with Crippen LogP contribution in [0.5, 0.6) is 0 Å². The summed E-state index contributed by atoms with van der Waals surface area (Å²) in [6.45, 7) is 1.78. The maximum atomic E-state index is 13.2. The van der Waals surface area contributed by atoms with Crippen molar-refractivity contribution < 1.29 is 9.53 Å². The Kier molecular flexibility index (Phi) is 5.40. The number of nitrogens with one attached hydrogen (secondary N) is 1. The van der Waals surface area contributed by atoms with Crippen LogP contribution in [0.2, 0.25) is 0 Å². The minimum absolute atomic E-state index is 0.0868. The van der Waals surface area contributed by atoms with Gasteiger partial charge in [-0.2, -0.15) is 9.78 Å². The van der Waals surface area contributed by atoms with Crippen molar-refractivity contribution in [2.24, 2.45) is 0 Å². The Labute approximate surface area is 183 Å². The monoisotopic (exact) mass is 434 g/mol. The average molecular weight is 435 g/mol. The fourth-order valence-corrected chi connectivity index (χ4v) is 4.52. The lowest BCUT2D eigenvalue weighted by atomic mass is 10.1. The van der Waals surface area contributed by atoms with Crippen molar-refractivity contribution in [3.05, 3.63) is 81.0 Å². The normalized spacial score (nSPS) is 16.1. The molecule has 3 aliphatic heterocycles. The van der Waals surface area contributed by atoms with E-state index in [1.54, 1.807) is 23.7 Å². The van der Waals surface area contributed by atoms with Crippen LogP contribution in [-0.4, -0.2) is 33.0 Å². The van der Waals surface area contributed by atoms with Gasteiger partial charge in [0, 0.05) is 30.4 Å². The summed E-state index contributed by atoms with van der Waals surface area (Å²) in [6, 6.07) is 13.2. The van der Waals surface area contributed by atoms with Crippen molar-refractivity contribution in [3.63, 3.8) is 0 Å². The fourth-order valence-electron chi connectivity index (χ4n) is 3.88. The molecule has 1 N–H and O–H groups in total. The SMILES string of the molecule is O=C(NCc1cccs1)c1cn(C[C@@H]2CCCO2)cc2c(=O)n(-c3ccccc3)nc1-2. The van der Waals surface area contributed by atoms with Gasteiger partial charge in [-0.25, -0.2) is 0 Å². The number of benzene rings is 1. The second-order valence-electron chi connectivity index (χ2n) is 7.58. The average Bonchev–Trinajstić information content (AvgIpc) is 3.55. The topological polar surface area (TPSA) is 78.2 Å². The summed E-state index contributed by atoms with van der Waals surface area (Å²) in [5.41, 5.74) is 1.64. The Morgan fingerprint density at radius 2 is 2.06 bits per heavy atom. The number of pyridine rings is 1. The Bertz CT molecular complexity index is 1210. The number of fused-ring (bicyclic) bond motifs is 1. The lowest BCUT2D eigenvalue weighted by Crippen LogP contribution is -2.25. The molecule has 158 valence electrons. The molecule has 1 aromatic heterocycles. The third-order valence-electron chi connectivity index (χ3n) is 5.41. The predicted octanol–water partition coefficient (Wildman–Crippen LogP) is 3.31. The lowest BCUT2D eigenvalue weighted by molar-refractivity contribution is 0.0936. The summed E-state index contributed by atoms with van der Waals surface area (Å²) in [5.74, 6) is -0.252. The number of aromatic nitrogens is 3. The highest BCUT2D eigenvalue weighted by molar-refractivity contribution is 7.09. The molecule has 0 saturated carbocycles. The van der Waals surface area contributed by atoms with E-state index in [0.29, 0.717) is 35.6 Å². The van der Waals surface area contributed by atoms with Gasteiger partial charge < -0.3 is 14.6 Å². The van der Waals surface area contributed by atoms with E-state index in [-0.39, 0.29) is 17.6 Å². The fraction of sp³-hybridized carbons (Fsp3) is 0.261. The van der Waals surface area contributed by atoms with Crippen molar-refractivity contribution >= 4 is 17.2 Å². The molecule has 4 heterocycles. The number of para-hydroxylation sites is 1. The Hall–Kier alpha value is -3.23. The van der Waals surface area contributed by atoms with Crippen molar-refractivity contribution in [2.75, 3.05) is 6.61 Å². The quantitative estimate of drug-likeness (QED) is 0.505. The summed E-state index contributed by atoms with van der Waals surface area (Å²) in [6.07, 6.45) is 5.64. The lowest BCUT2D eigenvalue weighted by Gasteiger charge is -2.16. The summed E-state index contributed by atoms with van der Waals surface area (Å²) in [7, 11) is 0. The molecule has 2 aromatic rings. The maximum Gasteiger partial charge on any atom is 0.282 e. The molecule has 0 spiro atoms. The number of hydrogen-bond donors (Lipinski definition) is 1. The summed E-state index contributed by atoms with van der Waals surface area (Å²) in [4.78, 5) is 27.3. The van der Waals surface area contributed by atoms with Gasteiger partial charge in [0.25, 0.3) is 11.5 Å². The van der Waals surface area contributed by atoms with Crippen molar-refractivity contribution in [1.82, 2.24) is 19.7 Å². The van der Waals surface area contributed by atoms with E-state index in [4.69, 9.17) is 4.74 Å². The second kappa shape index (κ2) is 8.49. The van der Waals surface area contributed by atoms with Crippen LogP contribution < -0.4 is 10.9 Å². The zero-order valence-electron chi connectivity index (χ0n) is 16.9. The van der Waals surface area contributed by atoms with E-state index < -0.39 is 0 Å². The highest BCUT2D eigenvalue weighted by Crippen LogP contribution is 2.24. The number of thiophene rings is 1. The highest BCUT2D eigenvalue weighted by Gasteiger charge is 2.25. The van der Waals surface area contributed by atoms with E-state index in [2.05, 4.69) is 10.4 Å². The van der Waals surface area contributed by atoms with Crippen LogP contribution in [0, 0.1) is 0 Å². The maximum absolute atomic E-state index is 13.2. The summed E-state index contributed by atoms with van der Waals surface area (Å²) < 4.78 is 9.00. The van der Waals surface area contributed by atoms with Crippen LogP contribution in [0.25, 0.3) is 16.9 Å². The third-order valence-corrected chi connectivity index (χ3v) is 6.29. The molecule has 3 aliphatic rings. The number of nitrogens with zero attached hydrogens (tertiary/aromatic N) is 3. The summed E-state index contributed by atoms with van der Waals surface area (Å²) >= 11 is 1.59. The van der Waals surface area contributed by atoms with E-state index in [1.165, 1.54) is 4.68 Å². The molecule has 8 heteroatoms. The minimum atomic E-state index is -0.252. The molecule has 5 rings (SSSR count). The third kappa shape index (κ3) is 4.04. The molecule has 1 aromatic carbocycles. The van der Waals surface area contributed by atoms with Gasteiger partial charge in [-0.3, -0.25) is 9.59 Å². The number of ether oxygens (including phenoxy) is 1. The number of carbonyl (C=O) groups is 1. The first kappa shape index (κ1) is 19.7. The largest absolute Gasteiger partial charge is 0.376 e. The molecule has 1 amide bonds. The first-order chi connectivity index (χ1) is 15.2. The number of carbonyl (C=O) groups excluding carboxylic acids is 1.